The van der Waals surface area contributed by atoms with Gasteiger partial charge in [-0.25, -0.2) is 13.2 Å². The number of esters is 1. The fourth-order valence-corrected chi connectivity index (χ4v) is 6.12. The molecule has 0 unspecified atom stereocenters. The standard InChI is InChI=1S/C23H25N5O6S3/c1-4-28(5-2)37(32,33)18-12-8-15(9-13-18)20(30)25-22-26-27-23(36-22)35-14-19(29)24-17-10-6-16(7-11-17)21(31)34-3/h6-13H,4-5,14H2,1-3H3,(H,24,29)(H,25,26,30). The molecule has 11 nitrogen and oxygen atoms in total. The molecule has 196 valence electrons. The fourth-order valence-electron chi connectivity index (χ4n) is 3.11. The van der Waals surface area contributed by atoms with Crippen LogP contribution >= 0.6 is 23.1 Å². The van der Waals surface area contributed by atoms with Crippen LogP contribution < -0.4 is 10.6 Å². The van der Waals surface area contributed by atoms with Gasteiger partial charge < -0.3 is 10.1 Å². The summed E-state index contributed by atoms with van der Waals surface area (Å²) in [5.41, 5.74) is 1.17. The molecule has 3 aromatic rings. The van der Waals surface area contributed by atoms with Crippen molar-refractivity contribution in [2.75, 3.05) is 36.6 Å². The van der Waals surface area contributed by atoms with E-state index in [0.29, 0.717) is 28.7 Å². The number of nitrogens with zero attached hydrogens (tertiary/aromatic N) is 3. The molecule has 1 aromatic heterocycles. The number of amides is 2. The molecule has 14 heteroatoms. The van der Waals surface area contributed by atoms with E-state index in [-0.39, 0.29) is 27.3 Å². The number of thioether (sulfide) groups is 1. The van der Waals surface area contributed by atoms with E-state index in [4.69, 9.17) is 0 Å². The number of nitrogens with one attached hydrogen (secondary N) is 2. The van der Waals surface area contributed by atoms with Gasteiger partial charge >= 0.3 is 5.97 Å². The third-order valence-corrected chi connectivity index (χ3v) is 9.04. The molecule has 2 aromatic carbocycles. The van der Waals surface area contributed by atoms with Gasteiger partial charge in [-0.3, -0.25) is 14.9 Å². The molecule has 0 atom stereocenters. The molecule has 0 aliphatic carbocycles. The average Bonchev–Trinajstić information content (AvgIpc) is 3.35. The number of rotatable bonds is 11. The van der Waals surface area contributed by atoms with Crippen molar-refractivity contribution < 1.29 is 27.5 Å². The summed E-state index contributed by atoms with van der Waals surface area (Å²) < 4.78 is 31.6. The third-order valence-electron chi connectivity index (χ3n) is 5.00. The minimum Gasteiger partial charge on any atom is -0.465 e. The highest BCUT2D eigenvalue weighted by molar-refractivity contribution is 8.01. The lowest BCUT2D eigenvalue weighted by Gasteiger charge is -2.18. The average molecular weight is 564 g/mol. The van der Waals surface area contributed by atoms with E-state index in [1.165, 1.54) is 35.7 Å². The SMILES string of the molecule is CCN(CC)S(=O)(=O)c1ccc(C(=O)Nc2nnc(SCC(=O)Nc3ccc(C(=O)OC)cc3)s2)cc1. The monoisotopic (exact) mass is 563 g/mol. The smallest absolute Gasteiger partial charge is 0.337 e. The molecule has 0 aliphatic rings. The Labute approximate surface area is 222 Å². The number of benzene rings is 2. The number of hydrogen-bond acceptors (Lipinski definition) is 10. The van der Waals surface area contributed by atoms with E-state index in [9.17, 15) is 22.8 Å². The lowest BCUT2D eigenvalue weighted by molar-refractivity contribution is -0.113. The van der Waals surface area contributed by atoms with E-state index >= 15 is 0 Å². The molecule has 2 amide bonds. The largest absolute Gasteiger partial charge is 0.465 e. The van der Waals surface area contributed by atoms with Crippen molar-refractivity contribution in [3.8, 4) is 0 Å². The number of hydrogen-bond donors (Lipinski definition) is 2. The third kappa shape index (κ3) is 7.35. The van der Waals surface area contributed by atoms with Gasteiger partial charge in [0.05, 0.1) is 23.3 Å². The highest BCUT2D eigenvalue weighted by atomic mass is 32.2. The molecule has 1 heterocycles. The molecule has 0 radical (unpaired) electrons. The van der Waals surface area contributed by atoms with Gasteiger partial charge in [-0.15, -0.1) is 10.2 Å². The van der Waals surface area contributed by atoms with Gasteiger partial charge in [0.2, 0.25) is 21.1 Å². The van der Waals surface area contributed by atoms with E-state index < -0.39 is 21.9 Å². The van der Waals surface area contributed by atoms with Gasteiger partial charge in [0.1, 0.15) is 0 Å². The van der Waals surface area contributed by atoms with E-state index in [0.717, 1.165) is 23.1 Å². The second-order valence-corrected chi connectivity index (χ2v) is 11.5. The number of ether oxygens (including phenoxy) is 1. The highest BCUT2D eigenvalue weighted by Gasteiger charge is 2.22. The zero-order valence-electron chi connectivity index (χ0n) is 20.3. The summed E-state index contributed by atoms with van der Waals surface area (Å²) in [5.74, 6) is -1.15. The first-order valence-corrected chi connectivity index (χ1v) is 14.3. The molecule has 0 aliphatic heterocycles. The minimum atomic E-state index is -3.61. The lowest BCUT2D eigenvalue weighted by atomic mass is 10.2. The minimum absolute atomic E-state index is 0.0593. The molecular formula is C23H25N5O6S3. The molecule has 0 fully saturated rings. The van der Waals surface area contributed by atoms with Crippen LogP contribution in [0.4, 0.5) is 10.8 Å². The Morgan fingerprint density at radius 2 is 1.57 bits per heavy atom. The van der Waals surface area contributed by atoms with Gasteiger partial charge in [-0.2, -0.15) is 4.31 Å². The van der Waals surface area contributed by atoms with E-state index in [1.54, 1.807) is 38.1 Å². The maximum absolute atomic E-state index is 12.6. The van der Waals surface area contributed by atoms with Gasteiger partial charge in [-0.05, 0) is 48.5 Å². The number of carbonyl (C=O) groups excluding carboxylic acids is 3. The Hall–Kier alpha value is -3.33. The summed E-state index contributed by atoms with van der Waals surface area (Å²) in [6.45, 7) is 4.22. The van der Waals surface area contributed by atoms with Gasteiger partial charge in [-0.1, -0.05) is 36.9 Å². The summed E-state index contributed by atoms with van der Waals surface area (Å²) in [6, 6.07) is 11.9. The summed E-state index contributed by atoms with van der Waals surface area (Å²) in [6.07, 6.45) is 0. The molecule has 0 bridgehead atoms. The van der Waals surface area contributed by atoms with Crippen molar-refractivity contribution in [1.29, 1.82) is 0 Å². The first-order valence-electron chi connectivity index (χ1n) is 11.0. The van der Waals surface area contributed by atoms with Crippen LogP contribution in [0.25, 0.3) is 0 Å². The zero-order chi connectivity index (χ0) is 27.0. The van der Waals surface area contributed by atoms with Crippen LogP contribution in [-0.2, 0) is 19.6 Å². The van der Waals surface area contributed by atoms with Crippen LogP contribution in [-0.4, -0.2) is 66.7 Å². The quantitative estimate of drug-likeness (QED) is 0.204. The molecule has 0 spiro atoms. The summed E-state index contributed by atoms with van der Waals surface area (Å²) >= 11 is 2.25. The van der Waals surface area contributed by atoms with E-state index in [2.05, 4.69) is 25.6 Å². The van der Waals surface area contributed by atoms with Crippen molar-refractivity contribution in [1.82, 2.24) is 14.5 Å². The van der Waals surface area contributed by atoms with Crippen LogP contribution in [0.1, 0.15) is 34.6 Å². The number of anilines is 2. The first kappa shape index (κ1) is 28.2. The number of aromatic nitrogens is 2. The highest BCUT2D eigenvalue weighted by Crippen LogP contribution is 2.26. The normalized spacial score (nSPS) is 11.2. The van der Waals surface area contributed by atoms with Gasteiger partial charge in [0, 0.05) is 24.3 Å². The van der Waals surface area contributed by atoms with Crippen LogP contribution in [0.15, 0.2) is 57.8 Å². The topological polar surface area (TPSA) is 148 Å². The molecule has 3 rings (SSSR count). The Kier molecular flexibility index (Phi) is 9.74. The summed E-state index contributed by atoms with van der Waals surface area (Å²) in [7, 11) is -2.32. The molecule has 0 saturated heterocycles. The fraction of sp³-hybridized carbons (Fsp3) is 0.261. The summed E-state index contributed by atoms with van der Waals surface area (Å²) in [5, 5.41) is 13.5. The Morgan fingerprint density at radius 1 is 0.946 bits per heavy atom. The van der Waals surface area contributed by atoms with Crippen LogP contribution in [0, 0.1) is 0 Å². The van der Waals surface area contributed by atoms with Crippen molar-refractivity contribution in [2.24, 2.45) is 0 Å². The van der Waals surface area contributed by atoms with E-state index in [1.807, 2.05) is 0 Å². The Balaban J connectivity index is 1.52. The van der Waals surface area contributed by atoms with Crippen molar-refractivity contribution in [3.05, 3.63) is 59.7 Å². The van der Waals surface area contributed by atoms with Gasteiger partial charge in [0.15, 0.2) is 4.34 Å². The maximum Gasteiger partial charge on any atom is 0.337 e. The molecule has 2 N–H and O–H groups in total. The van der Waals surface area contributed by atoms with Gasteiger partial charge in [0.25, 0.3) is 5.91 Å². The van der Waals surface area contributed by atoms with Crippen molar-refractivity contribution >= 4 is 61.7 Å². The molecule has 37 heavy (non-hydrogen) atoms. The number of sulfonamides is 1. The number of methoxy groups -OCH3 is 1. The van der Waals surface area contributed by atoms with Crippen molar-refractivity contribution in [2.45, 2.75) is 23.1 Å². The summed E-state index contributed by atoms with van der Waals surface area (Å²) in [4.78, 5) is 36.4. The second-order valence-electron chi connectivity index (χ2n) is 7.35. The Morgan fingerprint density at radius 3 is 2.16 bits per heavy atom. The van der Waals surface area contributed by atoms with Crippen LogP contribution in [0.2, 0.25) is 0 Å². The van der Waals surface area contributed by atoms with Crippen molar-refractivity contribution in [3.63, 3.8) is 0 Å². The predicted molar refractivity (Wildman–Crippen MR) is 142 cm³/mol. The lowest BCUT2D eigenvalue weighted by Crippen LogP contribution is -2.30. The molecule has 0 saturated carbocycles. The second kappa shape index (κ2) is 12.8. The Bertz CT molecular complexity index is 1350. The molecular weight excluding hydrogens is 538 g/mol. The zero-order valence-corrected chi connectivity index (χ0v) is 22.7. The predicted octanol–water partition coefficient (Wildman–Crippen LogP) is 3.34. The van der Waals surface area contributed by atoms with Crippen LogP contribution in [0.5, 0.6) is 0 Å². The van der Waals surface area contributed by atoms with Crippen LogP contribution in [0.3, 0.4) is 0 Å². The number of carbonyl (C=O) groups is 3. The first-order chi connectivity index (χ1) is 17.7. The maximum atomic E-state index is 12.6.